The standard InChI is InChI=1S/C22H28N6O/c1-14-4-5-16(18(8-14)29-2)13-28-19-17(12-25-28)26-21(23)27-20(19)24-11-15-9-22(10-15)6-3-7-22/h4-5,8,12,15H,3,6-7,9-11,13H2,1-2H3,(H3,23,24,26,27). The minimum absolute atomic E-state index is 0.275. The van der Waals surface area contributed by atoms with Gasteiger partial charge in [-0.05, 0) is 55.6 Å². The number of nitrogens with two attached hydrogens (primary N) is 1. The first-order chi connectivity index (χ1) is 14.0. The van der Waals surface area contributed by atoms with Crippen LogP contribution in [0.15, 0.2) is 24.4 Å². The van der Waals surface area contributed by atoms with Gasteiger partial charge in [0.15, 0.2) is 5.82 Å². The van der Waals surface area contributed by atoms with Crippen LogP contribution in [0.5, 0.6) is 5.75 Å². The largest absolute Gasteiger partial charge is 0.496 e. The maximum absolute atomic E-state index is 5.96. The summed E-state index contributed by atoms with van der Waals surface area (Å²) in [6, 6.07) is 6.21. The molecule has 0 amide bonds. The Bertz CT molecular complexity index is 1050. The lowest BCUT2D eigenvalue weighted by molar-refractivity contribution is -0.0185. The molecule has 2 fully saturated rings. The summed E-state index contributed by atoms with van der Waals surface area (Å²) in [6.07, 6.45) is 8.67. The van der Waals surface area contributed by atoms with Crippen LogP contribution in [0.2, 0.25) is 0 Å². The summed E-state index contributed by atoms with van der Waals surface area (Å²) in [5.74, 6) is 2.62. The van der Waals surface area contributed by atoms with Gasteiger partial charge in [-0.25, -0.2) is 4.98 Å². The zero-order chi connectivity index (χ0) is 20.0. The van der Waals surface area contributed by atoms with E-state index in [0.717, 1.165) is 40.6 Å². The second-order valence-corrected chi connectivity index (χ2v) is 8.79. The molecule has 3 aromatic rings. The second kappa shape index (κ2) is 6.90. The van der Waals surface area contributed by atoms with Crippen LogP contribution < -0.4 is 15.8 Å². The van der Waals surface area contributed by atoms with Crippen molar-refractivity contribution in [3.63, 3.8) is 0 Å². The summed E-state index contributed by atoms with van der Waals surface area (Å²) < 4.78 is 7.49. The highest BCUT2D eigenvalue weighted by Crippen LogP contribution is 2.58. The number of hydrogen-bond donors (Lipinski definition) is 2. The van der Waals surface area contributed by atoms with Crippen LogP contribution in [0.3, 0.4) is 0 Å². The van der Waals surface area contributed by atoms with Crippen molar-refractivity contribution in [1.82, 2.24) is 19.7 Å². The van der Waals surface area contributed by atoms with Crippen molar-refractivity contribution in [3.8, 4) is 5.75 Å². The van der Waals surface area contributed by atoms with Gasteiger partial charge in [0.1, 0.15) is 16.8 Å². The Labute approximate surface area is 170 Å². The van der Waals surface area contributed by atoms with E-state index in [2.05, 4.69) is 39.4 Å². The molecular formula is C22H28N6O. The lowest BCUT2D eigenvalue weighted by atomic mass is 9.52. The average Bonchev–Trinajstić information content (AvgIpc) is 3.03. The van der Waals surface area contributed by atoms with Crippen LogP contribution >= 0.6 is 0 Å². The Kier molecular flexibility index (Phi) is 4.33. The number of ether oxygens (including phenoxy) is 1. The molecule has 0 aliphatic heterocycles. The maximum atomic E-state index is 5.96. The average molecular weight is 393 g/mol. The van der Waals surface area contributed by atoms with Crippen molar-refractivity contribution in [2.24, 2.45) is 11.3 Å². The molecule has 2 aromatic heterocycles. The third-order valence-electron chi connectivity index (χ3n) is 6.68. The Hall–Kier alpha value is -2.83. The third kappa shape index (κ3) is 3.28. The van der Waals surface area contributed by atoms with E-state index in [1.807, 2.05) is 10.7 Å². The molecule has 7 heteroatoms. The lowest BCUT2D eigenvalue weighted by Crippen LogP contribution is -2.45. The number of hydrogen-bond acceptors (Lipinski definition) is 6. The number of fused-ring (bicyclic) bond motifs is 1. The molecule has 2 saturated carbocycles. The van der Waals surface area contributed by atoms with E-state index in [0.29, 0.717) is 12.0 Å². The first-order valence-corrected chi connectivity index (χ1v) is 10.4. The minimum Gasteiger partial charge on any atom is -0.496 e. The zero-order valence-corrected chi connectivity index (χ0v) is 17.1. The summed E-state index contributed by atoms with van der Waals surface area (Å²) in [4.78, 5) is 8.87. The predicted molar refractivity (Wildman–Crippen MR) is 114 cm³/mol. The van der Waals surface area contributed by atoms with Crippen molar-refractivity contribution >= 4 is 22.8 Å². The van der Waals surface area contributed by atoms with Crippen LogP contribution in [0.1, 0.15) is 43.2 Å². The van der Waals surface area contributed by atoms with Crippen molar-refractivity contribution in [3.05, 3.63) is 35.5 Å². The summed E-state index contributed by atoms with van der Waals surface area (Å²) in [5, 5.41) is 8.10. The highest BCUT2D eigenvalue weighted by molar-refractivity contribution is 5.86. The van der Waals surface area contributed by atoms with Crippen LogP contribution in [0.4, 0.5) is 11.8 Å². The number of aryl methyl sites for hydroxylation is 1. The molecule has 3 N–H and O–H groups in total. The minimum atomic E-state index is 0.275. The summed E-state index contributed by atoms with van der Waals surface area (Å²) in [5.41, 5.74) is 10.5. The topological polar surface area (TPSA) is 90.9 Å². The van der Waals surface area contributed by atoms with Crippen molar-refractivity contribution < 1.29 is 4.74 Å². The predicted octanol–water partition coefficient (Wildman–Crippen LogP) is 3.77. The van der Waals surface area contributed by atoms with Gasteiger partial charge in [-0.1, -0.05) is 18.6 Å². The number of anilines is 2. The molecular weight excluding hydrogens is 364 g/mol. The molecule has 0 atom stereocenters. The second-order valence-electron chi connectivity index (χ2n) is 8.79. The molecule has 2 aliphatic carbocycles. The van der Waals surface area contributed by atoms with Gasteiger partial charge in [-0.3, -0.25) is 4.68 Å². The molecule has 1 spiro atoms. The van der Waals surface area contributed by atoms with Crippen molar-refractivity contribution in [2.45, 2.75) is 45.6 Å². The maximum Gasteiger partial charge on any atom is 0.222 e. The molecule has 0 radical (unpaired) electrons. The number of nitrogens with zero attached hydrogens (tertiary/aromatic N) is 4. The molecule has 2 heterocycles. The Morgan fingerprint density at radius 3 is 2.83 bits per heavy atom. The van der Waals surface area contributed by atoms with Crippen LogP contribution in [0.25, 0.3) is 11.0 Å². The smallest absolute Gasteiger partial charge is 0.222 e. The quantitative estimate of drug-likeness (QED) is 0.664. The monoisotopic (exact) mass is 392 g/mol. The number of methoxy groups -OCH3 is 1. The molecule has 29 heavy (non-hydrogen) atoms. The van der Waals surface area contributed by atoms with Gasteiger partial charge in [-0.15, -0.1) is 0 Å². The van der Waals surface area contributed by atoms with E-state index < -0.39 is 0 Å². The Balaban J connectivity index is 1.40. The van der Waals surface area contributed by atoms with Crippen molar-refractivity contribution in [2.75, 3.05) is 24.7 Å². The van der Waals surface area contributed by atoms with Gasteiger partial charge < -0.3 is 15.8 Å². The van der Waals surface area contributed by atoms with Gasteiger partial charge in [-0.2, -0.15) is 10.1 Å². The fraction of sp³-hybridized carbons (Fsp3) is 0.500. The van der Waals surface area contributed by atoms with E-state index in [1.54, 1.807) is 13.3 Å². The third-order valence-corrected chi connectivity index (χ3v) is 6.68. The first-order valence-electron chi connectivity index (χ1n) is 10.4. The van der Waals surface area contributed by atoms with Crippen molar-refractivity contribution in [1.29, 1.82) is 0 Å². The summed E-state index contributed by atoms with van der Waals surface area (Å²) in [7, 11) is 1.70. The van der Waals surface area contributed by atoms with Gasteiger partial charge in [0.25, 0.3) is 0 Å². The van der Waals surface area contributed by atoms with E-state index in [-0.39, 0.29) is 5.95 Å². The van der Waals surface area contributed by atoms with Gasteiger partial charge >= 0.3 is 0 Å². The van der Waals surface area contributed by atoms with Crippen LogP contribution in [-0.4, -0.2) is 33.4 Å². The lowest BCUT2D eigenvalue weighted by Gasteiger charge is -2.54. The molecule has 7 nitrogen and oxygen atoms in total. The zero-order valence-electron chi connectivity index (χ0n) is 17.1. The molecule has 0 unspecified atom stereocenters. The number of nitrogen functional groups attached to an aromatic ring is 1. The number of aromatic nitrogens is 4. The number of benzene rings is 1. The SMILES string of the molecule is COc1cc(C)ccc1Cn1ncc2nc(N)nc(NCC3CC4(CCC4)C3)c21. The van der Waals surface area contributed by atoms with Gasteiger partial charge in [0.05, 0.1) is 19.9 Å². The normalized spacial score (nSPS) is 17.9. The van der Waals surface area contributed by atoms with Crippen LogP contribution in [-0.2, 0) is 6.54 Å². The fourth-order valence-electron chi connectivity index (χ4n) is 5.04. The highest BCUT2D eigenvalue weighted by atomic mass is 16.5. The number of rotatable bonds is 6. The number of nitrogens with one attached hydrogen (secondary N) is 1. The summed E-state index contributed by atoms with van der Waals surface area (Å²) >= 11 is 0. The van der Waals surface area contributed by atoms with Gasteiger partial charge in [0, 0.05) is 12.1 Å². The Morgan fingerprint density at radius 1 is 1.28 bits per heavy atom. The summed E-state index contributed by atoms with van der Waals surface area (Å²) in [6.45, 7) is 3.57. The van der Waals surface area contributed by atoms with E-state index in [9.17, 15) is 0 Å². The molecule has 0 saturated heterocycles. The Morgan fingerprint density at radius 2 is 2.10 bits per heavy atom. The molecule has 2 aliphatic rings. The van der Waals surface area contributed by atoms with E-state index in [4.69, 9.17) is 10.5 Å². The molecule has 5 rings (SSSR count). The molecule has 0 bridgehead atoms. The first kappa shape index (κ1) is 18.2. The molecule has 1 aromatic carbocycles. The van der Waals surface area contributed by atoms with Crippen LogP contribution in [0, 0.1) is 18.3 Å². The van der Waals surface area contributed by atoms with E-state index in [1.165, 1.54) is 37.7 Å². The fourth-order valence-corrected chi connectivity index (χ4v) is 5.04. The van der Waals surface area contributed by atoms with Gasteiger partial charge in [0.2, 0.25) is 5.95 Å². The molecule has 152 valence electrons. The highest BCUT2D eigenvalue weighted by Gasteiger charge is 2.47. The van der Waals surface area contributed by atoms with E-state index >= 15 is 0 Å².